The molecule has 0 heterocycles. The van der Waals surface area contributed by atoms with Crippen LogP contribution in [-0.2, 0) is 16.0 Å². The van der Waals surface area contributed by atoms with Gasteiger partial charge in [0.25, 0.3) is 0 Å². The molecule has 86 valence electrons. The molecule has 0 unspecified atom stereocenters. The van der Waals surface area contributed by atoms with Crippen LogP contribution in [0.5, 0.6) is 5.75 Å². The second-order valence-electron chi connectivity index (χ2n) is 3.08. The minimum atomic E-state index is -0.329. The molecule has 0 radical (unpaired) electrons. The highest BCUT2D eigenvalue weighted by atomic mass is 16.5. The Morgan fingerprint density at radius 1 is 1.44 bits per heavy atom. The van der Waals surface area contributed by atoms with Gasteiger partial charge in [-0.3, -0.25) is 4.79 Å². The highest BCUT2D eigenvalue weighted by Gasteiger charge is 2.08. The molecule has 5 nitrogen and oxygen atoms in total. The van der Waals surface area contributed by atoms with Gasteiger partial charge in [-0.2, -0.15) is 0 Å². The van der Waals surface area contributed by atoms with Crippen LogP contribution in [0, 0.1) is 4.91 Å². The number of methoxy groups -OCH3 is 1. The average molecular weight is 223 g/mol. The topological polar surface area (TPSA) is 65.0 Å². The molecule has 0 aliphatic carbocycles. The van der Waals surface area contributed by atoms with Crippen LogP contribution in [-0.4, -0.2) is 19.7 Å². The zero-order valence-electron chi connectivity index (χ0n) is 9.23. The standard InChI is InChI=1S/C11H13NO4/c1-3-16-11(13)7-8-4-5-10(15-2)9(6-8)12-14/h4-6H,3,7H2,1-2H3. The Bertz CT molecular complexity index is 390. The molecule has 16 heavy (non-hydrogen) atoms. The van der Waals surface area contributed by atoms with Gasteiger partial charge in [0.15, 0.2) is 0 Å². The number of hydrogen-bond donors (Lipinski definition) is 0. The Labute approximate surface area is 93.3 Å². The maximum absolute atomic E-state index is 11.2. The van der Waals surface area contributed by atoms with E-state index < -0.39 is 0 Å². The molecule has 0 spiro atoms. The third-order valence-electron chi connectivity index (χ3n) is 2.00. The maximum atomic E-state index is 11.2. The van der Waals surface area contributed by atoms with Crippen molar-refractivity contribution < 1.29 is 14.3 Å². The maximum Gasteiger partial charge on any atom is 0.310 e. The summed E-state index contributed by atoms with van der Waals surface area (Å²) in [5.74, 6) is 0.0622. The lowest BCUT2D eigenvalue weighted by molar-refractivity contribution is -0.142. The minimum Gasteiger partial charge on any atom is -0.494 e. The van der Waals surface area contributed by atoms with Crippen molar-refractivity contribution in [3.63, 3.8) is 0 Å². The number of rotatable bonds is 5. The van der Waals surface area contributed by atoms with Crippen LogP contribution in [0.25, 0.3) is 0 Å². The Balaban J connectivity index is 2.82. The number of hydrogen-bond acceptors (Lipinski definition) is 5. The molecule has 5 heteroatoms. The van der Waals surface area contributed by atoms with Crippen molar-refractivity contribution in [3.8, 4) is 5.75 Å². The van der Waals surface area contributed by atoms with Gasteiger partial charge >= 0.3 is 5.97 Å². The summed E-state index contributed by atoms with van der Waals surface area (Å²) in [6.45, 7) is 2.08. The van der Waals surface area contributed by atoms with Gasteiger partial charge < -0.3 is 9.47 Å². The highest BCUT2D eigenvalue weighted by Crippen LogP contribution is 2.28. The van der Waals surface area contributed by atoms with Crippen LogP contribution < -0.4 is 4.74 Å². The highest BCUT2D eigenvalue weighted by molar-refractivity contribution is 5.73. The first-order valence-corrected chi connectivity index (χ1v) is 4.87. The quantitative estimate of drug-likeness (QED) is 0.567. The normalized spacial score (nSPS) is 9.62. The molecule has 0 bridgehead atoms. The van der Waals surface area contributed by atoms with E-state index in [1.54, 1.807) is 19.1 Å². The molecule has 0 atom stereocenters. The van der Waals surface area contributed by atoms with E-state index in [1.165, 1.54) is 13.2 Å². The van der Waals surface area contributed by atoms with Crippen LogP contribution in [0.1, 0.15) is 12.5 Å². The summed E-state index contributed by atoms with van der Waals surface area (Å²) in [6.07, 6.45) is 0.125. The van der Waals surface area contributed by atoms with Gasteiger partial charge in [-0.05, 0) is 29.8 Å². The minimum absolute atomic E-state index is 0.125. The fraction of sp³-hybridized carbons (Fsp3) is 0.364. The summed E-state index contributed by atoms with van der Waals surface area (Å²) in [7, 11) is 1.45. The molecule has 0 amide bonds. The Morgan fingerprint density at radius 2 is 2.19 bits per heavy atom. The fourth-order valence-electron chi connectivity index (χ4n) is 1.30. The van der Waals surface area contributed by atoms with Crippen molar-refractivity contribution in [2.45, 2.75) is 13.3 Å². The number of ether oxygens (including phenoxy) is 2. The van der Waals surface area contributed by atoms with E-state index in [9.17, 15) is 9.70 Å². The monoisotopic (exact) mass is 223 g/mol. The molecule has 0 N–H and O–H groups in total. The van der Waals surface area contributed by atoms with E-state index in [2.05, 4.69) is 5.18 Å². The van der Waals surface area contributed by atoms with Crippen molar-refractivity contribution in [1.29, 1.82) is 0 Å². The number of benzene rings is 1. The Morgan fingerprint density at radius 3 is 2.75 bits per heavy atom. The summed E-state index contributed by atoms with van der Waals surface area (Å²) in [5.41, 5.74) is 0.859. The van der Waals surface area contributed by atoms with Crippen molar-refractivity contribution >= 4 is 11.7 Å². The smallest absolute Gasteiger partial charge is 0.310 e. The van der Waals surface area contributed by atoms with Crippen molar-refractivity contribution in [2.24, 2.45) is 5.18 Å². The lowest BCUT2D eigenvalue weighted by Gasteiger charge is -2.05. The molecular weight excluding hydrogens is 210 g/mol. The SMILES string of the molecule is CCOC(=O)Cc1ccc(OC)c(N=O)c1. The molecule has 0 saturated heterocycles. The summed E-state index contributed by atoms with van der Waals surface area (Å²) >= 11 is 0. The molecule has 1 aromatic carbocycles. The largest absolute Gasteiger partial charge is 0.494 e. The summed E-state index contributed by atoms with van der Waals surface area (Å²) in [5, 5.41) is 2.83. The molecule has 0 aromatic heterocycles. The Kier molecular flexibility index (Phi) is 4.44. The lowest BCUT2D eigenvalue weighted by atomic mass is 10.1. The van der Waals surface area contributed by atoms with E-state index in [-0.39, 0.29) is 18.1 Å². The summed E-state index contributed by atoms with van der Waals surface area (Å²) < 4.78 is 9.73. The van der Waals surface area contributed by atoms with Crippen LogP contribution in [0.2, 0.25) is 0 Å². The van der Waals surface area contributed by atoms with E-state index in [4.69, 9.17) is 9.47 Å². The van der Waals surface area contributed by atoms with Crippen LogP contribution in [0.15, 0.2) is 23.4 Å². The fourth-order valence-corrected chi connectivity index (χ4v) is 1.30. The molecule has 0 aliphatic heterocycles. The van der Waals surface area contributed by atoms with Crippen LogP contribution in [0.3, 0.4) is 0 Å². The van der Waals surface area contributed by atoms with E-state index >= 15 is 0 Å². The van der Waals surface area contributed by atoms with E-state index in [0.29, 0.717) is 17.9 Å². The number of nitroso groups, excluding NO2 is 1. The van der Waals surface area contributed by atoms with Crippen molar-refractivity contribution in [3.05, 3.63) is 28.7 Å². The first-order chi connectivity index (χ1) is 7.71. The third kappa shape index (κ3) is 3.05. The predicted molar refractivity (Wildman–Crippen MR) is 58.8 cm³/mol. The summed E-state index contributed by atoms with van der Waals surface area (Å²) in [6, 6.07) is 4.82. The zero-order chi connectivity index (χ0) is 12.0. The number of carbonyl (C=O) groups excluding carboxylic acids is 1. The summed E-state index contributed by atoms with van der Waals surface area (Å²) in [4.78, 5) is 21.7. The first-order valence-electron chi connectivity index (χ1n) is 4.87. The van der Waals surface area contributed by atoms with Gasteiger partial charge in [0, 0.05) is 0 Å². The lowest BCUT2D eigenvalue weighted by Crippen LogP contribution is -2.07. The number of carbonyl (C=O) groups is 1. The van der Waals surface area contributed by atoms with E-state index in [1.807, 2.05) is 0 Å². The average Bonchev–Trinajstić information content (AvgIpc) is 2.29. The third-order valence-corrected chi connectivity index (χ3v) is 2.00. The van der Waals surface area contributed by atoms with Gasteiger partial charge in [-0.25, -0.2) is 0 Å². The first kappa shape index (κ1) is 12.2. The Hall–Kier alpha value is -1.91. The van der Waals surface area contributed by atoms with Crippen LogP contribution in [0.4, 0.5) is 5.69 Å². The molecule has 0 fully saturated rings. The van der Waals surface area contributed by atoms with Gasteiger partial charge in [0.05, 0.1) is 20.1 Å². The molecule has 0 aliphatic rings. The second kappa shape index (κ2) is 5.85. The second-order valence-corrected chi connectivity index (χ2v) is 3.08. The molecule has 0 saturated carbocycles. The van der Waals surface area contributed by atoms with E-state index in [0.717, 1.165) is 0 Å². The predicted octanol–water partition coefficient (Wildman–Crippen LogP) is 2.20. The molecule has 1 aromatic rings. The van der Waals surface area contributed by atoms with Gasteiger partial charge in [0.1, 0.15) is 11.4 Å². The van der Waals surface area contributed by atoms with Crippen molar-refractivity contribution in [1.82, 2.24) is 0 Å². The number of esters is 1. The van der Waals surface area contributed by atoms with Gasteiger partial charge in [-0.15, -0.1) is 4.91 Å². The van der Waals surface area contributed by atoms with Crippen LogP contribution >= 0.6 is 0 Å². The molecular formula is C11H13NO4. The zero-order valence-corrected chi connectivity index (χ0v) is 9.23. The van der Waals surface area contributed by atoms with Gasteiger partial charge in [-0.1, -0.05) is 6.07 Å². The molecule has 1 rings (SSSR count). The van der Waals surface area contributed by atoms with Crippen molar-refractivity contribution in [2.75, 3.05) is 13.7 Å². The number of nitrogens with zero attached hydrogens (tertiary/aromatic N) is 1. The van der Waals surface area contributed by atoms with Gasteiger partial charge in [0.2, 0.25) is 0 Å².